The summed E-state index contributed by atoms with van der Waals surface area (Å²) in [4.78, 5) is 37.0. The van der Waals surface area contributed by atoms with Crippen molar-refractivity contribution < 1.29 is 19.2 Å². The summed E-state index contributed by atoms with van der Waals surface area (Å²) in [5.41, 5.74) is 0.731. The van der Waals surface area contributed by atoms with Crippen LogP contribution < -0.4 is 4.90 Å². The molecule has 0 fully saturated rings. The average Bonchev–Trinajstić information content (AvgIpc) is 2.68. The van der Waals surface area contributed by atoms with Gasteiger partial charge < -0.3 is 9.64 Å². The van der Waals surface area contributed by atoms with Crippen molar-refractivity contribution in [2.75, 3.05) is 17.2 Å². The minimum absolute atomic E-state index is 0.00684. The molecule has 0 aromatic heterocycles. The Morgan fingerprint density at radius 1 is 1.15 bits per heavy atom. The normalized spacial score (nSPS) is 11.5. The number of nitrogens with zero attached hydrogens (tertiary/aromatic N) is 2. The summed E-state index contributed by atoms with van der Waals surface area (Å²) in [5.74, 6) is -0.812. The van der Waals surface area contributed by atoms with E-state index < -0.39 is 17.0 Å². The maximum absolute atomic E-state index is 12.6. The van der Waals surface area contributed by atoms with E-state index in [4.69, 9.17) is 4.74 Å². The van der Waals surface area contributed by atoms with Gasteiger partial charge in [0.25, 0.3) is 11.6 Å². The summed E-state index contributed by atoms with van der Waals surface area (Å²) in [6.45, 7) is 3.86. The van der Waals surface area contributed by atoms with Crippen LogP contribution in [0.15, 0.2) is 59.5 Å². The minimum atomic E-state index is -0.907. The van der Waals surface area contributed by atoms with E-state index in [9.17, 15) is 19.7 Å². The molecular weight excluding hydrogens is 368 g/mol. The van der Waals surface area contributed by atoms with Crippen LogP contribution in [-0.4, -0.2) is 35.2 Å². The van der Waals surface area contributed by atoms with E-state index >= 15 is 0 Å². The van der Waals surface area contributed by atoms with Gasteiger partial charge in [0.2, 0.25) is 0 Å². The number of esters is 1. The van der Waals surface area contributed by atoms with Gasteiger partial charge in [-0.2, -0.15) is 0 Å². The van der Waals surface area contributed by atoms with Crippen LogP contribution in [0.3, 0.4) is 0 Å². The molecule has 2 aromatic carbocycles. The number of benzene rings is 2. The van der Waals surface area contributed by atoms with Gasteiger partial charge in [-0.25, -0.2) is 0 Å². The Balaban J connectivity index is 1.88. The predicted octanol–water partition coefficient (Wildman–Crippen LogP) is 3.67. The van der Waals surface area contributed by atoms with E-state index in [0.717, 1.165) is 5.69 Å². The molecule has 2 aromatic rings. The molecule has 1 atom stereocenters. The summed E-state index contributed by atoms with van der Waals surface area (Å²) in [5, 5.41) is 10.6. The molecule has 0 spiro atoms. The van der Waals surface area contributed by atoms with Crippen molar-refractivity contribution in [2.24, 2.45) is 0 Å². The van der Waals surface area contributed by atoms with Crippen LogP contribution in [0.1, 0.15) is 13.8 Å². The van der Waals surface area contributed by atoms with Gasteiger partial charge in [-0.3, -0.25) is 19.7 Å². The Kier molecular flexibility index (Phi) is 7.36. The average molecular weight is 388 g/mol. The zero-order valence-electron chi connectivity index (χ0n) is 15.0. The van der Waals surface area contributed by atoms with Gasteiger partial charge in [0.15, 0.2) is 6.10 Å². The van der Waals surface area contributed by atoms with E-state index in [1.165, 1.54) is 23.9 Å². The van der Waals surface area contributed by atoms with E-state index in [1.54, 1.807) is 24.0 Å². The summed E-state index contributed by atoms with van der Waals surface area (Å²) < 4.78 is 5.24. The fourth-order valence-corrected chi connectivity index (χ4v) is 3.06. The third kappa shape index (κ3) is 5.82. The lowest BCUT2D eigenvalue weighted by molar-refractivity contribution is -0.384. The van der Waals surface area contributed by atoms with Gasteiger partial charge in [0.05, 0.1) is 10.7 Å². The lowest BCUT2D eigenvalue weighted by Gasteiger charge is -2.24. The first-order valence-electron chi connectivity index (χ1n) is 8.35. The summed E-state index contributed by atoms with van der Waals surface area (Å²) in [7, 11) is 0. The Morgan fingerprint density at radius 3 is 2.33 bits per heavy atom. The first kappa shape index (κ1) is 20.4. The second-order valence-electron chi connectivity index (χ2n) is 5.59. The highest BCUT2D eigenvalue weighted by Crippen LogP contribution is 2.22. The SMILES string of the molecule is CCN(C(=O)[C@H](C)OC(=O)CSc1ccc([N+](=O)[O-])cc1)c1ccccc1. The van der Waals surface area contributed by atoms with Gasteiger partial charge in [0.1, 0.15) is 0 Å². The molecule has 0 N–H and O–H groups in total. The number of nitro groups is 1. The number of para-hydroxylation sites is 1. The number of thioether (sulfide) groups is 1. The molecule has 0 bridgehead atoms. The smallest absolute Gasteiger partial charge is 0.317 e. The maximum atomic E-state index is 12.6. The zero-order valence-corrected chi connectivity index (χ0v) is 15.8. The van der Waals surface area contributed by atoms with Crippen molar-refractivity contribution in [1.29, 1.82) is 0 Å². The number of anilines is 1. The molecule has 1 amide bonds. The van der Waals surface area contributed by atoms with Gasteiger partial charge in [0, 0.05) is 29.3 Å². The maximum Gasteiger partial charge on any atom is 0.317 e. The number of amides is 1. The van der Waals surface area contributed by atoms with Crippen LogP contribution in [-0.2, 0) is 14.3 Å². The monoisotopic (exact) mass is 388 g/mol. The Hall–Kier alpha value is -2.87. The van der Waals surface area contributed by atoms with Crippen LogP contribution in [0.2, 0.25) is 0 Å². The highest BCUT2D eigenvalue weighted by molar-refractivity contribution is 8.00. The highest BCUT2D eigenvalue weighted by Gasteiger charge is 2.24. The van der Waals surface area contributed by atoms with E-state index in [2.05, 4.69) is 0 Å². The molecule has 7 nitrogen and oxygen atoms in total. The molecule has 2 rings (SSSR count). The molecule has 0 aliphatic heterocycles. The van der Waals surface area contributed by atoms with Crippen molar-refractivity contribution in [1.82, 2.24) is 0 Å². The van der Waals surface area contributed by atoms with E-state index in [1.807, 2.05) is 37.3 Å². The van der Waals surface area contributed by atoms with Crippen LogP contribution in [0.5, 0.6) is 0 Å². The molecule has 0 unspecified atom stereocenters. The molecule has 8 heteroatoms. The van der Waals surface area contributed by atoms with Crippen LogP contribution in [0, 0.1) is 10.1 Å². The number of hydrogen-bond acceptors (Lipinski definition) is 6. The molecular formula is C19H20N2O5S. The second-order valence-corrected chi connectivity index (χ2v) is 6.64. The van der Waals surface area contributed by atoms with Gasteiger partial charge in [-0.15, -0.1) is 11.8 Å². The van der Waals surface area contributed by atoms with Crippen molar-refractivity contribution in [3.05, 3.63) is 64.7 Å². The number of carbonyl (C=O) groups is 2. The number of non-ortho nitro benzene ring substituents is 1. The number of carbonyl (C=O) groups excluding carboxylic acids is 2. The van der Waals surface area contributed by atoms with Crippen molar-refractivity contribution in [2.45, 2.75) is 24.8 Å². The minimum Gasteiger partial charge on any atom is -0.452 e. The third-order valence-electron chi connectivity index (χ3n) is 3.71. The number of rotatable bonds is 8. The van der Waals surface area contributed by atoms with Crippen LogP contribution >= 0.6 is 11.8 Å². The van der Waals surface area contributed by atoms with Crippen LogP contribution in [0.25, 0.3) is 0 Å². The highest BCUT2D eigenvalue weighted by atomic mass is 32.2. The Bertz CT molecular complexity index is 796. The zero-order chi connectivity index (χ0) is 19.8. The largest absolute Gasteiger partial charge is 0.452 e. The number of nitro benzene ring substituents is 1. The van der Waals surface area contributed by atoms with Crippen LogP contribution in [0.4, 0.5) is 11.4 Å². The molecule has 0 saturated heterocycles. The molecule has 0 aliphatic rings. The standard InChI is InChI=1S/C19H20N2O5S/c1-3-20(15-7-5-4-6-8-15)19(23)14(2)26-18(22)13-27-17-11-9-16(10-12-17)21(24)25/h4-12,14H,3,13H2,1-2H3/t14-/m0/s1. The fraction of sp³-hybridized carbons (Fsp3) is 0.263. The van der Waals surface area contributed by atoms with E-state index in [-0.39, 0.29) is 17.3 Å². The number of hydrogen-bond donors (Lipinski definition) is 0. The molecule has 0 heterocycles. The van der Waals surface area contributed by atoms with Gasteiger partial charge in [-0.1, -0.05) is 18.2 Å². The molecule has 0 radical (unpaired) electrons. The second kappa shape index (κ2) is 9.72. The quantitative estimate of drug-likeness (QED) is 0.297. The van der Waals surface area contributed by atoms with Gasteiger partial charge >= 0.3 is 5.97 Å². The van der Waals surface area contributed by atoms with Gasteiger partial charge in [-0.05, 0) is 38.1 Å². The number of likely N-dealkylation sites (N-methyl/N-ethyl adjacent to an activating group) is 1. The third-order valence-corrected chi connectivity index (χ3v) is 4.70. The molecule has 0 aliphatic carbocycles. The predicted molar refractivity (Wildman–Crippen MR) is 104 cm³/mol. The summed E-state index contributed by atoms with van der Waals surface area (Å²) >= 11 is 1.19. The summed E-state index contributed by atoms with van der Waals surface area (Å²) in [6.07, 6.45) is -0.907. The van der Waals surface area contributed by atoms with Crippen molar-refractivity contribution in [3.8, 4) is 0 Å². The lowest BCUT2D eigenvalue weighted by atomic mass is 10.2. The first-order valence-corrected chi connectivity index (χ1v) is 9.34. The molecule has 0 saturated carbocycles. The fourth-order valence-electron chi connectivity index (χ4n) is 2.38. The molecule has 142 valence electrons. The number of ether oxygens (including phenoxy) is 1. The topological polar surface area (TPSA) is 89.8 Å². The van der Waals surface area contributed by atoms with E-state index in [0.29, 0.717) is 11.4 Å². The molecule has 27 heavy (non-hydrogen) atoms. The first-order chi connectivity index (χ1) is 12.9. The summed E-state index contributed by atoms with van der Waals surface area (Å²) in [6, 6.07) is 15.1. The van der Waals surface area contributed by atoms with Crippen molar-refractivity contribution in [3.63, 3.8) is 0 Å². The lowest BCUT2D eigenvalue weighted by Crippen LogP contribution is -2.40. The Morgan fingerprint density at radius 2 is 1.78 bits per heavy atom. The Labute approximate surface area is 161 Å². The van der Waals surface area contributed by atoms with Crippen molar-refractivity contribution >= 4 is 35.0 Å².